The summed E-state index contributed by atoms with van der Waals surface area (Å²) in [5.41, 5.74) is 3.92. The molecule has 2 aromatic rings. The van der Waals surface area contributed by atoms with Gasteiger partial charge >= 0.3 is 5.97 Å². The Balaban J connectivity index is 1.95. The highest BCUT2D eigenvalue weighted by Gasteiger charge is 2.36. The highest BCUT2D eigenvalue weighted by atomic mass is 16.5. The first-order valence-corrected chi connectivity index (χ1v) is 6.55. The zero-order chi connectivity index (χ0) is 15.7. The van der Waals surface area contributed by atoms with Gasteiger partial charge in [-0.1, -0.05) is 24.3 Å². The van der Waals surface area contributed by atoms with Crippen LogP contribution in [0.1, 0.15) is 31.1 Å². The molecular formula is C16H12N2O4. The first-order valence-electron chi connectivity index (χ1n) is 6.55. The predicted octanol–water partition coefficient (Wildman–Crippen LogP) is 2.10. The Morgan fingerprint density at radius 3 is 2.09 bits per heavy atom. The van der Waals surface area contributed by atoms with Crippen LogP contribution in [-0.4, -0.2) is 29.9 Å². The molecular weight excluding hydrogens is 284 g/mol. The van der Waals surface area contributed by atoms with E-state index in [1.54, 1.807) is 48.5 Å². The molecule has 0 unspecified atom stereocenters. The number of hydrazine groups is 1. The van der Waals surface area contributed by atoms with E-state index in [1.165, 1.54) is 7.11 Å². The molecule has 1 heterocycles. The maximum atomic E-state index is 12.3. The van der Waals surface area contributed by atoms with Gasteiger partial charge in [0.2, 0.25) is 0 Å². The minimum absolute atomic E-state index is 0.238. The van der Waals surface area contributed by atoms with Crippen molar-refractivity contribution in [2.45, 2.75) is 0 Å². The number of para-hydroxylation sites is 1. The number of carbonyl (C=O) groups is 3. The summed E-state index contributed by atoms with van der Waals surface area (Å²) in [5.74, 6) is -1.47. The van der Waals surface area contributed by atoms with Crippen molar-refractivity contribution < 1.29 is 19.1 Å². The molecule has 0 saturated heterocycles. The largest absolute Gasteiger partial charge is 0.465 e. The third-order valence-corrected chi connectivity index (χ3v) is 3.36. The number of rotatable bonds is 3. The number of imide groups is 1. The Hall–Kier alpha value is -3.15. The number of ether oxygens (including phenoxy) is 1. The second-order valence-electron chi connectivity index (χ2n) is 4.64. The van der Waals surface area contributed by atoms with Gasteiger partial charge in [-0.2, -0.15) is 5.01 Å². The van der Waals surface area contributed by atoms with Gasteiger partial charge in [-0.3, -0.25) is 15.0 Å². The van der Waals surface area contributed by atoms with Crippen LogP contribution in [-0.2, 0) is 4.74 Å². The molecule has 6 heteroatoms. The van der Waals surface area contributed by atoms with Crippen LogP contribution in [0.25, 0.3) is 0 Å². The van der Waals surface area contributed by atoms with Crippen molar-refractivity contribution in [2.24, 2.45) is 0 Å². The van der Waals surface area contributed by atoms with Crippen LogP contribution >= 0.6 is 0 Å². The van der Waals surface area contributed by atoms with Gasteiger partial charge in [0.15, 0.2) is 0 Å². The fraction of sp³-hybridized carbons (Fsp3) is 0.0625. The fourth-order valence-electron chi connectivity index (χ4n) is 2.28. The third kappa shape index (κ3) is 2.10. The molecule has 3 rings (SSSR count). The number of anilines is 1. The average molecular weight is 296 g/mol. The summed E-state index contributed by atoms with van der Waals surface area (Å²) in [5, 5.41) is 0.895. The molecule has 6 nitrogen and oxygen atoms in total. The predicted molar refractivity (Wildman–Crippen MR) is 78.3 cm³/mol. The van der Waals surface area contributed by atoms with Crippen LogP contribution in [0, 0.1) is 0 Å². The van der Waals surface area contributed by atoms with E-state index in [-0.39, 0.29) is 5.56 Å². The van der Waals surface area contributed by atoms with E-state index in [0.29, 0.717) is 16.8 Å². The van der Waals surface area contributed by atoms with Crippen molar-refractivity contribution in [1.82, 2.24) is 5.01 Å². The number of benzene rings is 2. The maximum absolute atomic E-state index is 12.3. The van der Waals surface area contributed by atoms with Gasteiger partial charge in [-0.25, -0.2) is 4.79 Å². The van der Waals surface area contributed by atoms with Crippen LogP contribution in [0.3, 0.4) is 0 Å². The minimum atomic E-state index is -0.556. The monoisotopic (exact) mass is 296 g/mol. The summed E-state index contributed by atoms with van der Waals surface area (Å²) >= 11 is 0. The number of nitrogens with one attached hydrogen (secondary N) is 1. The first kappa shape index (κ1) is 13.8. The normalized spacial score (nSPS) is 13.0. The fourth-order valence-corrected chi connectivity index (χ4v) is 2.28. The van der Waals surface area contributed by atoms with E-state index < -0.39 is 17.8 Å². The molecule has 0 fully saturated rings. The molecule has 0 aliphatic carbocycles. The van der Waals surface area contributed by atoms with E-state index >= 15 is 0 Å². The van der Waals surface area contributed by atoms with Crippen molar-refractivity contribution in [3.05, 3.63) is 65.2 Å². The Kier molecular flexibility index (Phi) is 3.34. The SMILES string of the molecule is COC(=O)c1ccccc1NN1C(=O)c2ccccc2C1=O. The van der Waals surface area contributed by atoms with Crippen LogP contribution in [0.4, 0.5) is 5.69 Å². The quantitative estimate of drug-likeness (QED) is 0.693. The summed E-state index contributed by atoms with van der Waals surface area (Å²) in [4.78, 5) is 36.3. The van der Waals surface area contributed by atoms with Crippen LogP contribution < -0.4 is 5.43 Å². The highest BCUT2D eigenvalue weighted by Crippen LogP contribution is 2.25. The van der Waals surface area contributed by atoms with Crippen molar-refractivity contribution in [1.29, 1.82) is 0 Å². The van der Waals surface area contributed by atoms with Crippen LogP contribution in [0.5, 0.6) is 0 Å². The number of esters is 1. The number of nitrogens with zero attached hydrogens (tertiary/aromatic N) is 1. The van der Waals surface area contributed by atoms with E-state index in [9.17, 15) is 14.4 Å². The van der Waals surface area contributed by atoms with Gasteiger partial charge in [0, 0.05) is 0 Å². The summed E-state index contributed by atoms with van der Waals surface area (Å²) in [7, 11) is 1.27. The lowest BCUT2D eigenvalue weighted by molar-refractivity contribution is 0.0596. The van der Waals surface area contributed by atoms with Gasteiger partial charge < -0.3 is 4.74 Å². The molecule has 110 valence electrons. The second kappa shape index (κ2) is 5.33. The number of hydrogen-bond acceptors (Lipinski definition) is 5. The standard InChI is InChI=1S/C16H12N2O4/c1-22-16(21)12-8-4-5-9-13(12)17-18-14(19)10-6-2-3-7-11(10)15(18)20/h2-9,17H,1H3. The first-order chi connectivity index (χ1) is 10.6. The van der Waals surface area contributed by atoms with Crippen molar-refractivity contribution in [3.8, 4) is 0 Å². The molecule has 2 amide bonds. The second-order valence-corrected chi connectivity index (χ2v) is 4.64. The Morgan fingerprint density at radius 2 is 1.50 bits per heavy atom. The summed E-state index contributed by atoms with van der Waals surface area (Å²) in [6.45, 7) is 0. The molecule has 1 aliphatic rings. The number of methoxy groups -OCH3 is 1. The number of amides is 2. The Bertz CT molecular complexity index is 750. The van der Waals surface area contributed by atoms with Gasteiger partial charge in [-0.15, -0.1) is 0 Å². The molecule has 2 aromatic carbocycles. The molecule has 1 aliphatic heterocycles. The summed E-state index contributed by atoms with van der Waals surface area (Å²) in [6, 6.07) is 13.0. The molecule has 0 radical (unpaired) electrons. The smallest absolute Gasteiger partial charge is 0.340 e. The molecule has 0 bridgehead atoms. The Morgan fingerprint density at radius 1 is 0.955 bits per heavy atom. The minimum Gasteiger partial charge on any atom is -0.465 e. The van der Waals surface area contributed by atoms with Crippen molar-refractivity contribution in [2.75, 3.05) is 12.5 Å². The Labute approximate surface area is 126 Å². The lowest BCUT2D eigenvalue weighted by atomic mass is 10.1. The molecule has 22 heavy (non-hydrogen) atoms. The van der Waals surface area contributed by atoms with Gasteiger partial charge in [-0.05, 0) is 24.3 Å². The lowest BCUT2D eigenvalue weighted by Gasteiger charge is -2.18. The third-order valence-electron chi connectivity index (χ3n) is 3.36. The highest BCUT2D eigenvalue weighted by molar-refractivity contribution is 6.22. The molecule has 0 saturated carbocycles. The number of carbonyl (C=O) groups excluding carboxylic acids is 3. The van der Waals surface area contributed by atoms with E-state index in [0.717, 1.165) is 5.01 Å². The van der Waals surface area contributed by atoms with Gasteiger partial charge in [0.05, 0.1) is 29.5 Å². The molecule has 0 spiro atoms. The zero-order valence-electron chi connectivity index (χ0n) is 11.7. The van der Waals surface area contributed by atoms with E-state index in [2.05, 4.69) is 10.2 Å². The molecule has 0 atom stereocenters. The molecule has 1 N–H and O–H groups in total. The molecule has 0 aromatic heterocycles. The zero-order valence-corrected chi connectivity index (χ0v) is 11.7. The van der Waals surface area contributed by atoms with Gasteiger partial charge in [0.1, 0.15) is 0 Å². The van der Waals surface area contributed by atoms with Crippen molar-refractivity contribution in [3.63, 3.8) is 0 Å². The number of hydrogen-bond donors (Lipinski definition) is 1. The van der Waals surface area contributed by atoms with Gasteiger partial charge in [0.25, 0.3) is 11.8 Å². The summed E-state index contributed by atoms with van der Waals surface area (Å²) in [6.07, 6.45) is 0. The van der Waals surface area contributed by atoms with Crippen molar-refractivity contribution >= 4 is 23.5 Å². The summed E-state index contributed by atoms with van der Waals surface area (Å²) < 4.78 is 4.69. The lowest BCUT2D eigenvalue weighted by Crippen LogP contribution is -2.36. The average Bonchev–Trinajstić information content (AvgIpc) is 2.80. The van der Waals surface area contributed by atoms with Crippen LogP contribution in [0.2, 0.25) is 0 Å². The van der Waals surface area contributed by atoms with E-state index in [1.807, 2.05) is 0 Å². The van der Waals surface area contributed by atoms with Crippen LogP contribution in [0.15, 0.2) is 48.5 Å². The van der Waals surface area contributed by atoms with E-state index in [4.69, 9.17) is 0 Å². The topological polar surface area (TPSA) is 75.7 Å². The number of fused-ring (bicyclic) bond motifs is 1. The maximum Gasteiger partial charge on any atom is 0.340 e.